The third kappa shape index (κ3) is 2.45. The zero-order valence-corrected chi connectivity index (χ0v) is 12.0. The summed E-state index contributed by atoms with van der Waals surface area (Å²) in [5.74, 6) is 0.166. The third-order valence-corrected chi connectivity index (χ3v) is 4.42. The number of ether oxygens (including phenoxy) is 1. The molecule has 0 aromatic carbocycles. The van der Waals surface area contributed by atoms with Crippen LogP contribution < -0.4 is 0 Å². The zero-order valence-electron chi connectivity index (χ0n) is 11.1. The van der Waals surface area contributed by atoms with Gasteiger partial charge in [0.2, 0.25) is 0 Å². The van der Waals surface area contributed by atoms with Gasteiger partial charge in [-0.25, -0.2) is 0 Å². The van der Waals surface area contributed by atoms with Crippen LogP contribution in [0.3, 0.4) is 0 Å². The van der Waals surface area contributed by atoms with Crippen LogP contribution in [0.15, 0.2) is 16.8 Å². The Bertz CT molecular complexity index is 383. The lowest BCUT2D eigenvalue weighted by Gasteiger charge is -2.38. The van der Waals surface area contributed by atoms with Gasteiger partial charge >= 0.3 is 0 Å². The first-order chi connectivity index (χ1) is 8.73. The lowest BCUT2D eigenvalue weighted by Crippen LogP contribution is -2.50. The van der Waals surface area contributed by atoms with Gasteiger partial charge in [0.05, 0.1) is 17.7 Å². The van der Waals surface area contributed by atoms with E-state index in [1.165, 1.54) is 0 Å². The normalized spacial score (nSPS) is 23.6. The van der Waals surface area contributed by atoms with E-state index in [0.29, 0.717) is 6.61 Å². The molecule has 0 saturated carbocycles. The number of methoxy groups -OCH3 is 1. The van der Waals surface area contributed by atoms with E-state index in [0.717, 1.165) is 37.8 Å². The van der Waals surface area contributed by atoms with Gasteiger partial charge in [-0.15, -0.1) is 0 Å². The van der Waals surface area contributed by atoms with Crippen molar-refractivity contribution in [2.45, 2.75) is 38.1 Å². The van der Waals surface area contributed by atoms with Crippen LogP contribution in [0.4, 0.5) is 0 Å². The Morgan fingerprint density at radius 2 is 2.44 bits per heavy atom. The molecular weight excluding hydrogens is 246 g/mol. The fourth-order valence-electron chi connectivity index (χ4n) is 3.01. The van der Waals surface area contributed by atoms with Gasteiger partial charge in [-0.1, -0.05) is 13.3 Å². The number of nitrogens with zero attached hydrogens (tertiary/aromatic N) is 1. The van der Waals surface area contributed by atoms with E-state index in [1.807, 2.05) is 21.7 Å². The van der Waals surface area contributed by atoms with Crippen LogP contribution in [0.5, 0.6) is 0 Å². The highest BCUT2D eigenvalue weighted by Crippen LogP contribution is 2.35. The Morgan fingerprint density at radius 3 is 3.06 bits per heavy atom. The summed E-state index contributed by atoms with van der Waals surface area (Å²) in [4.78, 5) is 14.6. The molecule has 0 aliphatic carbocycles. The molecule has 1 amide bonds. The number of thiophene rings is 1. The number of hydrogen-bond acceptors (Lipinski definition) is 3. The molecule has 1 fully saturated rings. The largest absolute Gasteiger partial charge is 0.382 e. The summed E-state index contributed by atoms with van der Waals surface area (Å²) in [6, 6.07) is 1.91. The molecule has 0 spiro atoms. The van der Waals surface area contributed by atoms with E-state index in [9.17, 15) is 4.79 Å². The first-order valence-electron chi connectivity index (χ1n) is 6.56. The average Bonchev–Trinajstić information content (AvgIpc) is 2.98. The van der Waals surface area contributed by atoms with Gasteiger partial charge in [0.1, 0.15) is 0 Å². The topological polar surface area (TPSA) is 29.5 Å². The molecule has 0 N–H and O–H groups in total. The van der Waals surface area contributed by atoms with Crippen LogP contribution in [0.2, 0.25) is 0 Å². The lowest BCUT2D eigenvalue weighted by atomic mass is 9.91. The van der Waals surface area contributed by atoms with Crippen LogP contribution >= 0.6 is 11.3 Å². The van der Waals surface area contributed by atoms with Crippen molar-refractivity contribution in [3.8, 4) is 0 Å². The highest BCUT2D eigenvalue weighted by atomic mass is 32.1. The van der Waals surface area contributed by atoms with Gasteiger partial charge < -0.3 is 9.64 Å². The maximum atomic E-state index is 12.6. The van der Waals surface area contributed by atoms with Crippen LogP contribution in [0, 0.1) is 0 Å². The summed E-state index contributed by atoms with van der Waals surface area (Å²) in [5.41, 5.74) is 0.737. The van der Waals surface area contributed by atoms with E-state index >= 15 is 0 Å². The summed E-state index contributed by atoms with van der Waals surface area (Å²) in [6.07, 6.45) is 4.25. The van der Waals surface area contributed by atoms with E-state index < -0.39 is 0 Å². The molecule has 100 valence electrons. The first kappa shape index (κ1) is 13.6. The molecule has 2 rings (SSSR count). The minimum Gasteiger partial charge on any atom is -0.382 e. The second-order valence-electron chi connectivity index (χ2n) is 4.98. The fraction of sp³-hybridized carbons (Fsp3) is 0.643. The number of carbonyl (C=O) groups excluding carboxylic acids is 1. The number of likely N-dealkylation sites (tertiary alicyclic amines) is 1. The smallest absolute Gasteiger partial charge is 0.255 e. The second-order valence-corrected chi connectivity index (χ2v) is 5.76. The molecular formula is C14H21NO2S. The quantitative estimate of drug-likeness (QED) is 0.820. The molecule has 4 heteroatoms. The van der Waals surface area contributed by atoms with Gasteiger partial charge in [-0.3, -0.25) is 4.79 Å². The predicted molar refractivity (Wildman–Crippen MR) is 74.1 cm³/mol. The second kappa shape index (κ2) is 5.85. The Balaban J connectivity index is 2.21. The van der Waals surface area contributed by atoms with Crippen LogP contribution in [-0.2, 0) is 4.74 Å². The highest BCUT2D eigenvalue weighted by Gasteiger charge is 2.43. The van der Waals surface area contributed by atoms with Crippen molar-refractivity contribution in [2.24, 2.45) is 0 Å². The molecule has 1 aliphatic heterocycles. The molecule has 1 aromatic rings. The first-order valence-corrected chi connectivity index (χ1v) is 7.51. The molecule has 3 nitrogen and oxygen atoms in total. The highest BCUT2D eigenvalue weighted by molar-refractivity contribution is 7.08. The Kier molecular flexibility index (Phi) is 4.40. The minimum absolute atomic E-state index is 0.0808. The predicted octanol–water partition coefficient (Wildman–Crippen LogP) is 3.17. The molecule has 0 radical (unpaired) electrons. The van der Waals surface area contributed by atoms with Crippen molar-refractivity contribution in [2.75, 3.05) is 20.3 Å². The average molecular weight is 267 g/mol. The summed E-state index contributed by atoms with van der Waals surface area (Å²) in [5, 5.41) is 3.89. The summed E-state index contributed by atoms with van der Waals surface area (Å²) in [6.45, 7) is 3.68. The fourth-order valence-corrected chi connectivity index (χ4v) is 3.64. The molecule has 18 heavy (non-hydrogen) atoms. The van der Waals surface area contributed by atoms with Crippen molar-refractivity contribution in [1.29, 1.82) is 0 Å². The van der Waals surface area contributed by atoms with E-state index in [-0.39, 0.29) is 11.4 Å². The molecule has 1 aromatic heterocycles. The van der Waals surface area contributed by atoms with Gasteiger partial charge in [-0.2, -0.15) is 11.3 Å². The third-order valence-electron chi connectivity index (χ3n) is 3.74. The minimum atomic E-state index is -0.0808. The van der Waals surface area contributed by atoms with Crippen molar-refractivity contribution in [3.63, 3.8) is 0 Å². The lowest BCUT2D eigenvalue weighted by molar-refractivity contribution is 0.0255. The van der Waals surface area contributed by atoms with Gasteiger partial charge in [-0.05, 0) is 30.7 Å². The van der Waals surface area contributed by atoms with E-state index in [4.69, 9.17) is 4.74 Å². The monoisotopic (exact) mass is 267 g/mol. The Morgan fingerprint density at radius 1 is 1.61 bits per heavy atom. The van der Waals surface area contributed by atoms with Crippen LogP contribution in [0.25, 0.3) is 0 Å². The molecule has 1 aliphatic rings. The SMILES string of the molecule is CCC[C@]1(COC)CCCN1C(=O)c1ccsc1. The van der Waals surface area contributed by atoms with Crippen molar-refractivity contribution in [3.05, 3.63) is 22.4 Å². The molecule has 2 heterocycles. The Hall–Kier alpha value is -0.870. The van der Waals surface area contributed by atoms with E-state index in [2.05, 4.69) is 6.92 Å². The maximum Gasteiger partial charge on any atom is 0.255 e. The maximum absolute atomic E-state index is 12.6. The van der Waals surface area contributed by atoms with Crippen molar-refractivity contribution < 1.29 is 9.53 Å². The zero-order chi connectivity index (χ0) is 13.0. The summed E-state index contributed by atoms with van der Waals surface area (Å²) < 4.78 is 5.39. The molecule has 0 bridgehead atoms. The van der Waals surface area contributed by atoms with Crippen molar-refractivity contribution in [1.82, 2.24) is 4.90 Å². The molecule has 1 saturated heterocycles. The number of amides is 1. The number of carbonyl (C=O) groups is 1. The molecule has 1 atom stereocenters. The van der Waals surface area contributed by atoms with Gasteiger partial charge in [0, 0.05) is 19.0 Å². The summed E-state index contributed by atoms with van der Waals surface area (Å²) >= 11 is 1.57. The Labute approximate surface area is 113 Å². The van der Waals surface area contributed by atoms with Crippen LogP contribution in [0.1, 0.15) is 43.0 Å². The standard InChI is InChI=1S/C14H21NO2S/c1-3-6-14(11-17-2)7-4-8-15(14)13(16)12-5-9-18-10-12/h5,9-10H,3-4,6-8,11H2,1-2H3/t14-/m1/s1. The van der Waals surface area contributed by atoms with Gasteiger partial charge in [0.25, 0.3) is 5.91 Å². The summed E-state index contributed by atoms with van der Waals surface area (Å²) in [7, 11) is 1.73. The van der Waals surface area contributed by atoms with E-state index in [1.54, 1.807) is 18.4 Å². The number of hydrogen-bond donors (Lipinski definition) is 0. The molecule has 0 unspecified atom stereocenters. The van der Waals surface area contributed by atoms with Gasteiger partial charge in [0.15, 0.2) is 0 Å². The number of rotatable bonds is 5. The van der Waals surface area contributed by atoms with Crippen LogP contribution in [-0.4, -0.2) is 36.6 Å². The van der Waals surface area contributed by atoms with Crippen molar-refractivity contribution >= 4 is 17.2 Å².